The van der Waals surface area contributed by atoms with Gasteiger partial charge in [-0.3, -0.25) is 10.1 Å². The van der Waals surface area contributed by atoms with Crippen molar-refractivity contribution in [2.24, 2.45) is 10.8 Å². The highest BCUT2D eigenvalue weighted by atomic mass is 17.1. The molecule has 0 aromatic heterocycles. The molecule has 0 heterocycles. The average molecular weight is 252 g/mol. The Hall–Kier alpha value is -0.930. The van der Waals surface area contributed by atoms with Gasteiger partial charge in [0, 0.05) is 0 Å². The van der Waals surface area contributed by atoms with Gasteiger partial charge in [-0.05, 0) is 41.1 Å². The topological polar surface area (TPSA) is 46.5 Å². The van der Waals surface area contributed by atoms with Crippen molar-refractivity contribution < 1.29 is 14.9 Å². The van der Waals surface area contributed by atoms with Crippen LogP contribution >= 0.6 is 0 Å². The van der Waals surface area contributed by atoms with E-state index in [9.17, 15) is 10.1 Å². The normalized spacial score (nSPS) is 20.6. The molecule has 0 saturated carbocycles. The fourth-order valence-electron chi connectivity index (χ4n) is 2.71. The Balaban J connectivity index is 3.46. The van der Waals surface area contributed by atoms with Gasteiger partial charge in [-0.2, -0.15) is 0 Å². The minimum Gasteiger partial charge on any atom is -0.290 e. The Kier molecular flexibility index (Phi) is 3.63. The molecule has 0 fully saturated rings. The highest BCUT2D eigenvalue weighted by Crippen LogP contribution is 2.47. The molecule has 0 atom stereocenters. The van der Waals surface area contributed by atoms with E-state index in [2.05, 4.69) is 0 Å². The summed E-state index contributed by atoms with van der Waals surface area (Å²) in [7, 11) is 0. The van der Waals surface area contributed by atoms with Crippen molar-refractivity contribution in [2.75, 3.05) is 0 Å². The highest BCUT2D eigenvalue weighted by Gasteiger charge is 2.46. The van der Waals surface area contributed by atoms with Crippen molar-refractivity contribution in [3.05, 3.63) is 23.3 Å². The molecule has 1 N–H and O–H groups in total. The summed E-state index contributed by atoms with van der Waals surface area (Å²) >= 11 is 0. The maximum absolute atomic E-state index is 11.9. The number of hydrogen-bond donors (Lipinski definition) is 1. The summed E-state index contributed by atoms with van der Waals surface area (Å²) in [6.07, 6.45) is 3.15. The second-order valence-corrected chi connectivity index (χ2v) is 7.14. The summed E-state index contributed by atoms with van der Waals surface area (Å²) in [4.78, 5) is 16.7. The van der Waals surface area contributed by atoms with Crippen LogP contribution in [0.3, 0.4) is 0 Å². The van der Waals surface area contributed by atoms with Crippen LogP contribution < -0.4 is 0 Å². The first kappa shape index (κ1) is 15.1. The lowest BCUT2D eigenvalue weighted by atomic mass is 9.65. The number of hydrogen-bond acceptors (Lipinski definition) is 3. The smallest absolute Gasteiger partial charge is 0.178 e. The fraction of sp³-hybridized carbons (Fsp3) is 0.667. The van der Waals surface area contributed by atoms with E-state index >= 15 is 0 Å². The Morgan fingerprint density at radius 3 is 1.56 bits per heavy atom. The Morgan fingerprint density at radius 1 is 1.00 bits per heavy atom. The van der Waals surface area contributed by atoms with Gasteiger partial charge in [0.1, 0.15) is 5.60 Å². The van der Waals surface area contributed by atoms with E-state index in [0.29, 0.717) is 0 Å². The Bertz CT molecular complexity index is 380. The van der Waals surface area contributed by atoms with Gasteiger partial charge in [0.25, 0.3) is 0 Å². The van der Waals surface area contributed by atoms with E-state index in [4.69, 9.17) is 4.89 Å². The van der Waals surface area contributed by atoms with Crippen LogP contribution in [0.25, 0.3) is 0 Å². The summed E-state index contributed by atoms with van der Waals surface area (Å²) in [5, 5.41) is 9.41. The Labute approximate surface area is 109 Å². The standard InChI is InChI=1S/C15H24O3/c1-13(2,3)11-8-10(16)9-12(14(4,5)6)15(11,7)18-17/h8-9,17H,1-7H3. The van der Waals surface area contributed by atoms with Crippen molar-refractivity contribution in [1.82, 2.24) is 0 Å². The molecular formula is C15H24O3. The summed E-state index contributed by atoms with van der Waals surface area (Å²) in [6, 6.07) is 0. The lowest BCUT2D eigenvalue weighted by Gasteiger charge is -2.44. The highest BCUT2D eigenvalue weighted by molar-refractivity contribution is 6.02. The third kappa shape index (κ3) is 2.57. The predicted molar refractivity (Wildman–Crippen MR) is 72.2 cm³/mol. The Morgan fingerprint density at radius 2 is 1.33 bits per heavy atom. The maximum Gasteiger partial charge on any atom is 0.178 e. The molecule has 0 unspecified atom stereocenters. The molecule has 0 spiro atoms. The molecule has 0 aliphatic heterocycles. The molecule has 0 saturated heterocycles. The number of carbonyl (C=O) groups excluding carboxylic acids is 1. The van der Waals surface area contributed by atoms with E-state index in [1.165, 1.54) is 0 Å². The second-order valence-electron chi connectivity index (χ2n) is 7.14. The van der Waals surface area contributed by atoms with Crippen LogP contribution in [0.15, 0.2) is 23.3 Å². The van der Waals surface area contributed by atoms with Crippen LogP contribution in [-0.4, -0.2) is 16.6 Å². The quantitative estimate of drug-likeness (QED) is 0.571. The van der Waals surface area contributed by atoms with Gasteiger partial charge >= 0.3 is 0 Å². The molecule has 1 aliphatic carbocycles. The first-order valence-corrected chi connectivity index (χ1v) is 6.25. The molecule has 0 amide bonds. The van der Waals surface area contributed by atoms with Gasteiger partial charge in [-0.15, -0.1) is 0 Å². The largest absolute Gasteiger partial charge is 0.290 e. The van der Waals surface area contributed by atoms with Crippen LogP contribution in [0, 0.1) is 10.8 Å². The van der Waals surface area contributed by atoms with Gasteiger partial charge in [-0.1, -0.05) is 41.5 Å². The van der Waals surface area contributed by atoms with Gasteiger partial charge in [0.15, 0.2) is 5.78 Å². The summed E-state index contributed by atoms with van der Waals surface area (Å²) in [5.41, 5.74) is 0.157. The van der Waals surface area contributed by atoms with Crippen LogP contribution in [0.4, 0.5) is 0 Å². The molecule has 0 aromatic rings. The third-order valence-electron chi connectivity index (χ3n) is 3.40. The van der Waals surface area contributed by atoms with Crippen LogP contribution in [0.2, 0.25) is 0 Å². The minimum absolute atomic E-state index is 0.0422. The zero-order chi connectivity index (χ0) is 14.4. The molecule has 102 valence electrons. The number of ketones is 1. The summed E-state index contributed by atoms with van der Waals surface area (Å²) in [6.45, 7) is 13.9. The minimum atomic E-state index is -0.940. The third-order valence-corrected chi connectivity index (χ3v) is 3.40. The SMILES string of the molecule is CC(C)(C)C1=CC(=O)C=C(C(C)(C)C)C1(C)OO. The van der Waals surface area contributed by atoms with Crippen molar-refractivity contribution in [3.8, 4) is 0 Å². The van der Waals surface area contributed by atoms with E-state index in [-0.39, 0.29) is 16.6 Å². The lowest BCUT2D eigenvalue weighted by molar-refractivity contribution is -0.299. The number of rotatable bonds is 1. The van der Waals surface area contributed by atoms with Crippen molar-refractivity contribution in [1.29, 1.82) is 0 Å². The summed E-state index contributed by atoms with van der Waals surface area (Å²) in [5.74, 6) is -0.0422. The van der Waals surface area contributed by atoms with Gasteiger partial charge in [0.2, 0.25) is 0 Å². The first-order chi connectivity index (χ1) is 7.93. The fourth-order valence-corrected chi connectivity index (χ4v) is 2.71. The molecule has 0 radical (unpaired) electrons. The van der Waals surface area contributed by atoms with E-state index < -0.39 is 5.60 Å². The molecule has 1 rings (SSSR count). The van der Waals surface area contributed by atoms with Gasteiger partial charge < -0.3 is 0 Å². The summed E-state index contributed by atoms with van der Waals surface area (Å²) < 4.78 is 0. The molecule has 0 bridgehead atoms. The lowest BCUT2D eigenvalue weighted by Crippen LogP contribution is -2.44. The molecular weight excluding hydrogens is 228 g/mol. The average Bonchev–Trinajstić information content (AvgIpc) is 2.18. The molecule has 3 heteroatoms. The number of allylic oxidation sites excluding steroid dienone is 2. The maximum atomic E-state index is 11.9. The molecule has 1 aliphatic rings. The van der Waals surface area contributed by atoms with E-state index in [1.54, 1.807) is 12.2 Å². The van der Waals surface area contributed by atoms with E-state index in [1.807, 2.05) is 48.5 Å². The van der Waals surface area contributed by atoms with Crippen molar-refractivity contribution in [2.45, 2.75) is 54.1 Å². The van der Waals surface area contributed by atoms with Crippen LogP contribution in [0.1, 0.15) is 48.5 Å². The second kappa shape index (κ2) is 4.32. The van der Waals surface area contributed by atoms with Crippen molar-refractivity contribution >= 4 is 5.78 Å². The monoisotopic (exact) mass is 252 g/mol. The van der Waals surface area contributed by atoms with Crippen LogP contribution in [-0.2, 0) is 9.68 Å². The number of carbonyl (C=O) groups is 1. The van der Waals surface area contributed by atoms with Gasteiger partial charge in [0.05, 0.1) is 0 Å². The first-order valence-electron chi connectivity index (χ1n) is 6.25. The molecule has 0 aromatic carbocycles. The van der Waals surface area contributed by atoms with Gasteiger partial charge in [-0.25, -0.2) is 4.89 Å². The molecule has 3 nitrogen and oxygen atoms in total. The van der Waals surface area contributed by atoms with Crippen LogP contribution in [0.5, 0.6) is 0 Å². The van der Waals surface area contributed by atoms with E-state index in [0.717, 1.165) is 11.1 Å². The molecule has 18 heavy (non-hydrogen) atoms. The van der Waals surface area contributed by atoms with Crippen molar-refractivity contribution in [3.63, 3.8) is 0 Å². The zero-order valence-corrected chi connectivity index (χ0v) is 12.4. The zero-order valence-electron chi connectivity index (χ0n) is 12.4. The predicted octanol–water partition coefficient (Wildman–Crippen LogP) is 3.76.